The van der Waals surface area contributed by atoms with Crippen molar-refractivity contribution in [2.45, 2.75) is 6.54 Å². The van der Waals surface area contributed by atoms with E-state index in [0.29, 0.717) is 26.2 Å². The number of aromatic nitrogens is 1. The van der Waals surface area contributed by atoms with Crippen LogP contribution >= 0.6 is 0 Å². The van der Waals surface area contributed by atoms with Crippen LogP contribution in [0.1, 0.15) is 0 Å². The van der Waals surface area contributed by atoms with Crippen LogP contribution in [0.2, 0.25) is 0 Å². The number of carbonyl (C=O) groups excluding carboxylic acids is 1. The third kappa shape index (κ3) is 3.25. The largest absolute Gasteiger partial charge is 0.495 e. The number of fused-ring (bicyclic) bond motifs is 1. The number of sulfonamides is 1. The first kappa shape index (κ1) is 16.8. The van der Waals surface area contributed by atoms with Gasteiger partial charge in [0.2, 0.25) is 15.9 Å². The number of para-hydroxylation sites is 1. The molecule has 7 nitrogen and oxygen atoms in total. The lowest BCUT2D eigenvalue weighted by atomic mass is 10.2. The number of hydrogen-bond donors (Lipinski definition) is 0. The molecule has 0 radical (unpaired) electrons. The predicted molar refractivity (Wildman–Crippen MR) is 91.5 cm³/mol. The van der Waals surface area contributed by atoms with Crippen LogP contribution < -0.4 is 4.74 Å². The number of ether oxygens (including phenoxy) is 1. The first-order valence-corrected chi connectivity index (χ1v) is 9.60. The second-order valence-corrected chi connectivity index (χ2v) is 7.87. The van der Waals surface area contributed by atoms with Gasteiger partial charge < -0.3 is 14.2 Å². The number of benzene rings is 1. The molecule has 2 aromatic rings. The Morgan fingerprint density at radius 3 is 2.50 bits per heavy atom. The highest BCUT2D eigenvalue weighted by Crippen LogP contribution is 2.26. The fourth-order valence-corrected chi connectivity index (χ4v) is 3.86. The Hall–Kier alpha value is -2.06. The van der Waals surface area contributed by atoms with E-state index in [0.717, 1.165) is 16.7 Å². The molecule has 1 aliphatic rings. The highest BCUT2D eigenvalue weighted by molar-refractivity contribution is 7.88. The molecule has 0 spiro atoms. The van der Waals surface area contributed by atoms with Crippen LogP contribution in [0.5, 0.6) is 5.75 Å². The van der Waals surface area contributed by atoms with Gasteiger partial charge in [0.1, 0.15) is 12.3 Å². The van der Waals surface area contributed by atoms with E-state index in [4.69, 9.17) is 4.74 Å². The van der Waals surface area contributed by atoms with Gasteiger partial charge in [-0.05, 0) is 12.1 Å². The summed E-state index contributed by atoms with van der Waals surface area (Å²) >= 11 is 0. The second kappa shape index (κ2) is 6.45. The molecule has 2 heterocycles. The summed E-state index contributed by atoms with van der Waals surface area (Å²) in [6.45, 7) is 1.74. The Labute approximate surface area is 141 Å². The zero-order valence-corrected chi connectivity index (χ0v) is 14.6. The van der Waals surface area contributed by atoms with Crippen LogP contribution in [0.25, 0.3) is 10.9 Å². The molecule has 1 saturated heterocycles. The van der Waals surface area contributed by atoms with E-state index in [1.165, 1.54) is 10.6 Å². The topological polar surface area (TPSA) is 71.8 Å². The van der Waals surface area contributed by atoms with Crippen molar-refractivity contribution in [2.24, 2.45) is 0 Å². The summed E-state index contributed by atoms with van der Waals surface area (Å²) < 4.78 is 31.7. The summed E-state index contributed by atoms with van der Waals surface area (Å²) in [7, 11) is -1.58. The first-order chi connectivity index (χ1) is 11.4. The Balaban J connectivity index is 1.72. The molecule has 0 saturated carbocycles. The number of piperazine rings is 1. The second-order valence-electron chi connectivity index (χ2n) is 5.88. The van der Waals surface area contributed by atoms with Gasteiger partial charge >= 0.3 is 0 Å². The highest BCUT2D eigenvalue weighted by atomic mass is 32.2. The molecule has 0 aliphatic carbocycles. The molecule has 1 aromatic heterocycles. The van der Waals surface area contributed by atoms with Crippen LogP contribution in [-0.2, 0) is 21.4 Å². The van der Waals surface area contributed by atoms with Crippen molar-refractivity contribution in [1.29, 1.82) is 0 Å². The molecule has 1 amide bonds. The number of methoxy groups -OCH3 is 1. The predicted octanol–water partition coefficient (Wildman–Crippen LogP) is 0.754. The van der Waals surface area contributed by atoms with E-state index < -0.39 is 10.0 Å². The lowest BCUT2D eigenvalue weighted by Crippen LogP contribution is -2.50. The van der Waals surface area contributed by atoms with Gasteiger partial charge in [0.05, 0.1) is 18.9 Å². The Bertz CT molecular complexity index is 851. The van der Waals surface area contributed by atoms with Crippen LogP contribution in [0, 0.1) is 0 Å². The van der Waals surface area contributed by atoms with Gasteiger partial charge in [-0.15, -0.1) is 0 Å². The molecule has 1 aromatic carbocycles. The molecule has 8 heteroatoms. The molecule has 0 atom stereocenters. The zero-order valence-electron chi connectivity index (χ0n) is 13.8. The summed E-state index contributed by atoms with van der Waals surface area (Å²) in [5.74, 6) is 0.707. The van der Waals surface area contributed by atoms with Crippen LogP contribution in [0.3, 0.4) is 0 Å². The molecule has 0 N–H and O–H groups in total. The summed E-state index contributed by atoms with van der Waals surface area (Å²) in [6.07, 6.45) is 3.07. The normalized spacial score (nSPS) is 16.5. The zero-order chi connectivity index (χ0) is 17.3. The standard InChI is InChI=1S/C16H21N3O4S/c1-23-14-5-3-4-13-6-7-18(16(13)14)12-15(20)17-8-10-19(11-9-17)24(2,21)22/h3-7H,8-12H2,1-2H3. The van der Waals surface area contributed by atoms with Gasteiger partial charge in [0.25, 0.3) is 0 Å². The molecule has 0 bridgehead atoms. The van der Waals surface area contributed by atoms with E-state index in [-0.39, 0.29) is 12.5 Å². The summed E-state index contributed by atoms with van der Waals surface area (Å²) in [5.41, 5.74) is 0.892. The van der Waals surface area contributed by atoms with Crippen molar-refractivity contribution < 1.29 is 17.9 Å². The monoisotopic (exact) mass is 351 g/mol. The number of hydrogen-bond acceptors (Lipinski definition) is 4. The number of amides is 1. The maximum Gasteiger partial charge on any atom is 0.242 e. The fraction of sp³-hybridized carbons (Fsp3) is 0.438. The minimum Gasteiger partial charge on any atom is -0.495 e. The Kier molecular flexibility index (Phi) is 4.51. The minimum atomic E-state index is -3.19. The Morgan fingerprint density at radius 2 is 1.88 bits per heavy atom. The SMILES string of the molecule is COc1cccc2ccn(CC(=O)N3CCN(S(C)(=O)=O)CC3)c12. The van der Waals surface area contributed by atoms with Gasteiger partial charge in [0, 0.05) is 37.8 Å². The molecule has 0 unspecified atom stereocenters. The summed E-state index contributed by atoms with van der Waals surface area (Å²) in [4.78, 5) is 14.3. The van der Waals surface area contributed by atoms with E-state index >= 15 is 0 Å². The highest BCUT2D eigenvalue weighted by Gasteiger charge is 2.26. The first-order valence-electron chi connectivity index (χ1n) is 7.75. The smallest absolute Gasteiger partial charge is 0.242 e. The van der Waals surface area contributed by atoms with Gasteiger partial charge in [-0.25, -0.2) is 8.42 Å². The summed E-state index contributed by atoms with van der Waals surface area (Å²) in [5, 5.41) is 1.02. The Morgan fingerprint density at radius 1 is 1.17 bits per heavy atom. The molecular formula is C16H21N3O4S. The quantitative estimate of drug-likeness (QED) is 0.815. The lowest BCUT2D eigenvalue weighted by Gasteiger charge is -2.33. The average Bonchev–Trinajstić information content (AvgIpc) is 2.97. The van der Waals surface area contributed by atoms with E-state index in [1.54, 1.807) is 12.0 Å². The van der Waals surface area contributed by atoms with Crippen LogP contribution in [0.15, 0.2) is 30.5 Å². The van der Waals surface area contributed by atoms with E-state index in [9.17, 15) is 13.2 Å². The lowest BCUT2D eigenvalue weighted by molar-refractivity contribution is -0.132. The molecule has 130 valence electrons. The van der Waals surface area contributed by atoms with Crippen molar-refractivity contribution in [1.82, 2.24) is 13.8 Å². The maximum atomic E-state index is 12.6. The number of rotatable bonds is 4. The molecular weight excluding hydrogens is 330 g/mol. The minimum absolute atomic E-state index is 0.0217. The molecule has 1 fully saturated rings. The third-order valence-electron chi connectivity index (χ3n) is 4.34. The van der Waals surface area contributed by atoms with Crippen LogP contribution in [0.4, 0.5) is 0 Å². The van der Waals surface area contributed by atoms with E-state index in [2.05, 4.69) is 0 Å². The van der Waals surface area contributed by atoms with Crippen LogP contribution in [-0.4, -0.2) is 67.6 Å². The molecule has 3 rings (SSSR count). The average molecular weight is 351 g/mol. The third-order valence-corrected chi connectivity index (χ3v) is 5.64. The molecule has 24 heavy (non-hydrogen) atoms. The molecule has 1 aliphatic heterocycles. The van der Waals surface area contributed by atoms with Crippen molar-refractivity contribution >= 4 is 26.8 Å². The number of carbonyl (C=O) groups is 1. The van der Waals surface area contributed by atoms with Gasteiger partial charge in [0.15, 0.2) is 0 Å². The summed E-state index contributed by atoms with van der Waals surface area (Å²) in [6, 6.07) is 7.71. The van der Waals surface area contributed by atoms with Gasteiger partial charge in [-0.2, -0.15) is 4.31 Å². The van der Waals surface area contributed by atoms with Gasteiger partial charge in [-0.1, -0.05) is 12.1 Å². The van der Waals surface area contributed by atoms with Crippen molar-refractivity contribution in [3.05, 3.63) is 30.5 Å². The van der Waals surface area contributed by atoms with Crippen molar-refractivity contribution in [3.63, 3.8) is 0 Å². The van der Waals surface area contributed by atoms with Crippen molar-refractivity contribution in [3.8, 4) is 5.75 Å². The van der Waals surface area contributed by atoms with E-state index in [1.807, 2.05) is 35.0 Å². The van der Waals surface area contributed by atoms with Gasteiger partial charge in [-0.3, -0.25) is 4.79 Å². The fourth-order valence-electron chi connectivity index (χ4n) is 3.04. The number of nitrogens with zero attached hydrogens (tertiary/aromatic N) is 3. The maximum absolute atomic E-state index is 12.6. The van der Waals surface area contributed by atoms with Crippen molar-refractivity contribution in [2.75, 3.05) is 39.5 Å².